The number of rotatable bonds is 6. The van der Waals surface area contributed by atoms with E-state index in [9.17, 15) is 18.5 Å². The van der Waals surface area contributed by atoms with Crippen LogP contribution in [0.5, 0.6) is 0 Å². The van der Waals surface area contributed by atoms with E-state index >= 15 is 0 Å². The minimum atomic E-state index is -2.93. The number of nitro groups is 1. The predicted molar refractivity (Wildman–Crippen MR) is 80.8 cm³/mol. The summed E-state index contributed by atoms with van der Waals surface area (Å²) in [4.78, 5) is 12.3. The third-order valence-corrected chi connectivity index (χ3v) is 5.37. The Morgan fingerprint density at radius 1 is 1.38 bits per heavy atom. The lowest BCUT2D eigenvalue weighted by molar-refractivity contribution is -0.384. The summed E-state index contributed by atoms with van der Waals surface area (Å²) in [5, 5.41) is 10.6. The van der Waals surface area contributed by atoms with Gasteiger partial charge in [0.15, 0.2) is 9.84 Å². The van der Waals surface area contributed by atoms with Crippen LogP contribution in [-0.2, 0) is 16.4 Å². The van der Waals surface area contributed by atoms with Gasteiger partial charge in [-0.15, -0.1) is 6.58 Å². The average molecular weight is 310 g/mol. The summed E-state index contributed by atoms with van der Waals surface area (Å²) in [5.41, 5.74) is 0.976. The molecule has 114 valence electrons. The van der Waals surface area contributed by atoms with Crippen molar-refractivity contribution >= 4 is 15.5 Å². The van der Waals surface area contributed by atoms with Crippen LogP contribution in [0.15, 0.2) is 36.9 Å². The molecule has 0 amide bonds. The molecule has 6 nitrogen and oxygen atoms in total. The van der Waals surface area contributed by atoms with Gasteiger partial charge in [-0.05, 0) is 12.0 Å². The first-order chi connectivity index (χ1) is 9.91. The predicted octanol–water partition coefficient (Wildman–Crippen LogP) is 1.77. The van der Waals surface area contributed by atoms with E-state index < -0.39 is 14.8 Å². The molecule has 7 heteroatoms. The molecule has 0 unspecified atom stereocenters. The van der Waals surface area contributed by atoms with Crippen LogP contribution in [0.3, 0.4) is 0 Å². The maximum absolute atomic E-state index is 11.6. The molecular weight excluding hydrogens is 292 g/mol. The van der Waals surface area contributed by atoms with Gasteiger partial charge >= 0.3 is 0 Å². The highest BCUT2D eigenvalue weighted by Gasteiger charge is 2.31. The lowest BCUT2D eigenvalue weighted by Crippen LogP contribution is -2.35. The molecule has 2 rings (SSSR count). The normalized spacial score (nSPS) is 20.5. The minimum Gasteiger partial charge on any atom is -0.291 e. The number of benzene rings is 1. The zero-order valence-electron chi connectivity index (χ0n) is 11.6. The van der Waals surface area contributed by atoms with Crippen molar-refractivity contribution < 1.29 is 13.3 Å². The standard InChI is InChI=1S/C14H18N2O4S/c1-2-8-15(14-7-9-21(19,20)11-14)10-12-3-5-13(6-4-12)16(17)18/h2-6,14H,1,7-11H2/t14-/m1/s1. The van der Waals surface area contributed by atoms with E-state index in [4.69, 9.17) is 0 Å². The molecule has 1 saturated heterocycles. The van der Waals surface area contributed by atoms with Crippen molar-refractivity contribution in [2.24, 2.45) is 0 Å². The van der Waals surface area contributed by atoms with E-state index in [1.54, 1.807) is 18.2 Å². The Morgan fingerprint density at radius 3 is 2.52 bits per heavy atom. The highest BCUT2D eigenvalue weighted by atomic mass is 32.2. The molecule has 1 heterocycles. The second-order valence-electron chi connectivity index (χ2n) is 5.20. The first-order valence-corrected chi connectivity index (χ1v) is 8.52. The molecule has 1 aromatic carbocycles. The van der Waals surface area contributed by atoms with Gasteiger partial charge in [0.1, 0.15) is 0 Å². The minimum absolute atomic E-state index is 0.0109. The zero-order chi connectivity index (χ0) is 15.5. The van der Waals surface area contributed by atoms with E-state index in [1.165, 1.54) is 12.1 Å². The zero-order valence-corrected chi connectivity index (χ0v) is 12.5. The summed E-state index contributed by atoms with van der Waals surface area (Å²) in [7, 11) is -2.93. The third-order valence-electron chi connectivity index (χ3n) is 3.62. The fourth-order valence-electron chi connectivity index (χ4n) is 2.53. The van der Waals surface area contributed by atoms with Crippen LogP contribution < -0.4 is 0 Å². The summed E-state index contributed by atoms with van der Waals surface area (Å²) in [5.74, 6) is 0.402. The van der Waals surface area contributed by atoms with Crippen molar-refractivity contribution in [2.75, 3.05) is 18.1 Å². The largest absolute Gasteiger partial charge is 0.291 e. The number of hydrogen-bond acceptors (Lipinski definition) is 5. The lowest BCUT2D eigenvalue weighted by atomic mass is 10.1. The topological polar surface area (TPSA) is 80.5 Å². The van der Waals surface area contributed by atoms with Crippen molar-refractivity contribution in [3.05, 3.63) is 52.6 Å². The van der Waals surface area contributed by atoms with Gasteiger partial charge in [-0.1, -0.05) is 18.2 Å². The molecule has 0 radical (unpaired) electrons. The molecule has 21 heavy (non-hydrogen) atoms. The number of sulfone groups is 1. The summed E-state index contributed by atoms with van der Waals surface area (Å²) < 4.78 is 23.2. The van der Waals surface area contributed by atoms with Gasteiger partial charge in [-0.2, -0.15) is 0 Å². The fraction of sp³-hybridized carbons (Fsp3) is 0.429. The molecule has 0 bridgehead atoms. The van der Waals surface area contributed by atoms with E-state index in [0.717, 1.165) is 5.56 Å². The molecule has 1 aliphatic rings. The van der Waals surface area contributed by atoms with Gasteiger partial charge in [-0.25, -0.2) is 8.42 Å². The van der Waals surface area contributed by atoms with Crippen molar-refractivity contribution in [1.29, 1.82) is 0 Å². The van der Waals surface area contributed by atoms with Crippen molar-refractivity contribution in [3.8, 4) is 0 Å². The van der Waals surface area contributed by atoms with Crippen molar-refractivity contribution in [1.82, 2.24) is 4.90 Å². The molecule has 1 aromatic rings. The Balaban J connectivity index is 2.09. The molecule has 0 spiro atoms. The Bertz CT molecular complexity index is 625. The van der Waals surface area contributed by atoms with E-state index in [-0.39, 0.29) is 23.2 Å². The van der Waals surface area contributed by atoms with E-state index in [0.29, 0.717) is 19.5 Å². The lowest BCUT2D eigenvalue weighted by Gasteiger charge is -2.26. The fourth-order valence-corrected chi connectivity index (χ4v) is 4.29. The quantitative estimate of drug-likeness (QED) is 0.454. The Hall–Kier alpha value is -1.73. The smallest absolute Gasteiger partial charge is 0.269 e. The highest BCUT2D eigenvalue weighted by molar-refractivity contribution is 7.91. The van der Waals surface area contributed by atoms with Crippen LogP contribution in [0, 0.1) is 10.1 Å². The number of non-ortho nitro benzene ring substituents is 1. The van der Waals surface area contributed by atoms with Gasteiger partial charge < -0.3 is 0 Å². The number of nitro benzene ring substituents is 1. The summed E-state index contributed by atoms with van der Waals surface area (Å²) >= 11 is 0. The Morgan fingerprint density at radius 2 is 2.05 bits per heavy atom. The second kappa shape index (κ2) is 6.36. The maximum Gasteiger partial charge on any atom is 0.269 e. The summed E-state index contributed by atoms with van der Waals surface area (Å²) in [6.45, 7) is 4.86. The monoisotopic (exact) mass is 310 g/mol. The van der Waals surface area contributed by atoms with Crippen LogP contribution in [0.2, 0.25) is 0 Å². The number of nitrogens with zero attached hydrogens (tertiary/aromatic N) is 2. The molecule has 1 atom stereocenters. The average Bonchev–Trinajstić information content (AvgIpc) is 2.79. The van der Waals surface area contributed by atoms with Gasteiger partial charge in [-0.3, -0.25) is 15.0 Å². The maximum atomic E-state index is 11.6. The van der Waals surface area contributed by atoms with E-state index in [2.05, 4.69) is 11.5 Å². The van der Waals surface area contributed by atoms with Gasteiger partial charge in [0.2, 0.25) is 0 Å². The Labute approximate surface area is 124 Å². The SMILES string of the molecule is C=CCN(Cc1ccc([N+](=O)[O-])cc1)[C@@H]1CCS(=O)(=O)C1. The molecule has 0 aromatic heterocycles. The molecule has 1 fully saturated rings. The van der Waals surface area contributed by atoms with Crippen LogP contribution in [-0.4, -0.2) is 42.3 Å². The van der Waals surface area contributed by atoms with Crippen LogP contribution in [0.1, 0.15) is 12.0 Å². The first kappa shape index (κ1) is 15.7. The van der Waals surface area contributed by atoms with Crippen molar-refractivity contribution in [3.63, 3.8) is 0 Å². The summed E-state index contributed by atoms with van der Waals surface area (Å²) in [6.07, 6.45) is 2.37. The molecule has 0 aliphatic carbocycles. The van der Waals surface area contributed by atoms with Crippen molar-refractivity contribution in [2.45, 2.75) is 19.0 Å². The molecule has 0 saturated carbocycles. The summed E-state index contributed by atoms with van der Waals surface area (Å²) in [6, 6.07) is 6.33. The van der Waals surface area contributed by atoms with Crippen LogP contribution in [0.4, 0.5) is 5.69 Å². The molecule has 0 N–H and O–H groups in total. The van der Waals surface area contributed by atoms with E-state index in [1.807, 2.05) is 0 Å². The highest BCUT2D eigenvalue weighted by Crippen LogP contribution is 2.21. The second-order valence-corrected chi connectivity index (χ2v) is 7.43. The third kappa shape index (κ3) is 4.12. The Kier molecular flexibility index (Phi) is 4.74. The van der Waals surface area contributed by atoms with Gasteiger partial charge in [0, 0.05) is 31.3 Å². The molecule has 1 aliphatic heterocycles. The molecular formula is C14H18N2O4S. The first-order valence-electron chi connectivity index (χ1n) is 6.70. The van der Waals surface area contributed by atoms with Gasteiger partial charge in [0.25, 0.3) is 5.69 Å². The van der Waals surface area contributed by atoms with Crippen LogP contribution in [0.25, 0.3) is 0 Å². The van der Waals surface area contributed by atoms with Crippen LogP contribution >= 0.6 is 0 Å². The van der Waals surface area contributed by atoms with Gasteiger partial charge in [0.05, 0.1) is 16.4 Å². The number of hydrogen-bond donors (Lipinski definition) is 0.